The van der Waals surface area contributed by atoms with Crippen molar-refractivity contribution < 1.29 is 9.59 Å². The van der Waals surface area contributed by atoms with E-state index >= 15 is 0 Å². The minimum atomic E-state index is -0.289. The first kappa shape index (κ1) is 18.5. The molecule has 2 amide bonds. The monoisotopic (exact) mass is 374 g/mol. The molecule has 1 fully saturated rings. The average molecular weight is 374 g/mol. The van der Waals surface area contributed by atoms with Crippen LogP contribution in [-0.4, -0.2) is 11.8 Å². The number of amides is 2. The highest BCUT2D eigenvalue weighted by molar-refractivity contribution is 5.89. The van der Waals surface area contributed by atoms with Gasteiger partial charge in [-0.15, -0.1) is 0 Å². The van der Waals surface area contributed by atoms with Crippen molar-refractivity contribution in [1.29, 1.82) is 0 Å². The molecule has 1 saturated carbocycles. The van der Waals surface area contributed by atoms with Gasteiger partial charge in [-0.25, -0.2) is 0 Å². The maximum absolute atomic E-state index is 13.0. The van der Waals surface area contributed by atoms with Crippen LogP contribution >= 0.6 is 0 Å². The highest BCUT2D eigenvalue weighted by Gasteiger charge is 2.47. The van der Waals surface area contributed by atoms with Crippen LogP contribution in [0.15, 0.2) is 72.8 Å². The lowest BCUT2D eigenvalue weighted by molar-refractivity contribution is -0.140. The van der Waals surface area contributed by atoms with Crippen LogP contribution < -0.4 is 10.6 Å². The molecule has 2 aromatic carbocycles. The second-order valence-corrected chi connectivity index (χ2v) is 7.75. The normalized spacial score (nSPS) is 25.3. The predicted octanol–water partition coefficient (Wildman–Crippen LogP) is 3.45. The van der Waals surface area contributed by atoms with Crippen molar-refractivity contribution in [3.05, 3.63) is 83.9 Å². The van der Waals surface area contributed by atoms with Crippen LogP contribution in [0.2, 0.25) is 0 Å². The fourth-order valence-corrected chi connectivity index (χ4v) is 4.51. The van der Waals surface area contributed by atoms with E-state index in [4.69, 9.17) is 0 Å². The molecule has 28 heavy (non-hydrogen) atoms. The molecule has 5 rings (SSSR count). The van der Waals surface area contributed by atoms with Gasteiger partial charge in [0.2, 0.25) is 11.8 Å². The minimum Gasteiger partial charge on any atom is -0.352 e. The molecule has 4 atom stereocenters. The molecular formula is C24H26N2O2. The zero-order valence-electron chi connectivity index (χ0n) is 15.9. The zero-order chi connectivity index (χ0) is 19.3. The summed E-state index contributed by atoms with van der Waals surface area (Å²) in [5.74, 6) is -0.307. The molecule has 0 aromatic heterocycles. The van der Waals surface area contributed by atoms with Crippen molar-refractivity contribution in [3.63, 3.8) is 0 Å². The van der Waals surface area contributed by atoms with Crippen molar-refractivity contribution in [3.8, 4) is 0 Å². The van der Waals surface area contributed by atoms with Crippen LogP contribution in [-0.2, 0) is 22.7 Å². The molecule has 4 unspecified atom stereocenters. The van der Waals surface area contributed by atoms with Gasteiger partial charge in [-0.3, -0.25) is 9.59 Å². The molecule has 3 aliphatic rings. The molecule has 3 aliphatic carbocycles. The van der Waals surface area contributed by atoms with Crippen LogP contribution in [0.4, 0.5) is 0 Å². The summed E-state index contributed by atoms with van der Waals surface area (Å²) >= 11 is 0. The number of carbonyl (C=O) groups is 2. The lowest BCUT2D eigenvalue weighted by Crippen LogP contribution is -2.51. The van der Waals surface area contributed by atoms with E-state index in [1.807, 2.05) is 60.7 Å². The standard InChI is InChI=1S/C24H26N2O2/c27-23(25-15-17-7-3-1-4-8-17)21-19-11-13-20(14-12-19)22(21)24(28)26-16-18-9-5-2-6-10-18/h1-11,13,19-22H,12,14-16H2,(H,25,27)(H,26,28). The summed E-state index contributed by atoms with van der Waals surface area (Å²) in [4.78, 5) is 26.1. The number of hydrogen-bond acceptors (Lipinski definition) is 2. The van der Waals surface area contributed by atoms with E-state index < -0.39 is 0 Å². The van der Waals surface area contributed by atoms with Crippen LogP contribution in [0.5, 0.6) is 0 Å². The first-order valence-electron chi connectivity index (χ1n) is 10.0. The quantitative estimate of drug-likeness (QED) is 0.761. The van der Waals surface area contributed by atoms with Gasteiger partial charge < -0.3 is 10.6 Å². The Hall–Kier alpha value is -2.88. The molecule has 0 heterocycles. The number of hydrogen-bond donors (Lipinski definition) is 2. The van der Waals surface area contributed by atoms with E-state index in [2.05, 4.69) is 22.8 Å². The summed E-state index contributed by atoms with van der Waals surface area (Å²) in [6.07, 6.45) is 6.24. The zero-order valence-corrected chi connectivity index (χ0v) is 15.9. The Bertz CT molecular complexity index is 776. The molecule has 0 radical (unpaired) electrons. The van der Waals surface area contributed by atoms with E-state index in [-0.39, 0.29) is 35.5 Å². The summed E-state index contributed by atoms with van der Waals surface area (Å²) in [5, 5.41) is 6.12. The highest BCUT2D eigenvalue weighted by atomic mass is 16.2. The van der Waals surface area contributed by atoms with Crippen LogP contribution in [0, 0.1) is 23.7 Å². The van der Waals surface area contributed by atoms with Crippen molar-refractivity contribution in [2.45, 2.75) is 25.9 Å². The fraction of sp³-hybridized carbons (Fsp3) is 0.333. The molecule has 144 valence electrons. The molecule has 4 nitrogen and oxygen atoms in total. The largest absolute Gasteiger partial charge is 0.352 e. The lowest BCUT2D eigenvalue weighted by atomic mass is 9.61. The van der Waals surface area contributed by atoms with E-state index in [9.17, 15) is 9.59 Å². The second-order valence-electron chi connectivity index (χ2n) is 7.75. The minimum absolute atomic E-state index is 0.0113. The second kappa shape index (κ2) is 8.42. The number of rotatable bonds is 6. The Balaban J connectivity index is 1.44. The van der Waals surface area contributed by atoms with Gasteiger partial charge in [-0.05, 0) is 35.8 Å². The lowest BCUT2D eigenvalue weighted by Gasteiger charge is -2.43. The first-order chi connectivity index (χ1) is 13.7. The van der Waals surface area contributed by atoms with E-state index in [1.165, 1.54) is 0 Å². The van der Waals surface area contributed by atoms with Gasteiger partial charge >= 0.3 is 0 Å². The van der Waals surface area contributed by atoms with Crippen LogP contribution in [0.3, 0.4) is 0 Å². The Kier molecular flexibility index (Phi) is 5.56. The summed E-state index contributed by atoms with van der Waals surface area (Å²) < 4.78 is 0. The van der Waals surface area contributed by atoms with Gasteiger partial charge in [-0.2, -0.15) is 0 Å². The van der Waals surface area contributed by atoms with Gasteiger partial charge in [0.15, 0.2) is 0 Å². The Morgan fingerprint density at radius 2 is 1.07 bits per heavy atom. The molecule has 2 N–H and O–H groups in total. The van der Waals surface area contributed by atoms with E-state index in [1.54, 1.807) is 0 Å². The van der Waals surface area contributed by atoms with Gasteiger partial charge in [0.05, 0.1) is 11.8 Å². The molecule has 0 aliphatic heterocycles. The smallest absolute Gasteiger partial charge is 0.224 e. The molecule has 2 bridgehead atoms. The molecule has 2 aromatic rings. The topological polar surface area (TPSA) is 58.2 Å². The number of benzene rings is 2. The Labute approximate surface area is 166 Å². The van der Waals surface area contributed by atoms with Crippen LogP contribution in [0.1, 0.15) is 24.0 Å². The summed E-state index contributed by atoms with van der Waals surface area (Å²) in [7, 11) is 0. The number of fused-ring (bicyclic) bond motifs is 2. The van der Waals surface area contributed by atoms with Crippen molar-refractivity contribution in [1.82, 2.24) is 10.6 Å². The van der Waals surface area contributed by atoms with Crippen molar-refractivity contribution in [2.75, 3.05) is 0 Å². The SMILES string of the molecule is O=C(NCc1ccccc1)C1C2C=CC(CC2)C1C(=O)NCc1ccccc1. The third-order valence-corrected chi connectivity index (χ3v) is 5.97. The van der Waals surface area contributed by atoms with E-state index in [0.717, 1.165) is 24.0 Å². The third kappa shape index (κ3) is 4.01. The van der Waals surface area contributed by atoms with Gasteiger partial charge in [0.25, 0.3) is 0 Å². The summed E-state index contributed by atoms with van der Waals surface area (Å²) in [5.41, 5.74) is 2.13. The summed E-state index contributed by atoms with van der Waals surface area (Å²) in [6.45, 7) is 0.991. The van der Waals surface area contributed by atoms with Gasteiger partial charge in [0, 0.05) is 13.1 Å². The van der Waals surface area contributed by atoms with E-state index in [0.29, 0.717) is 13.1 Å². The number of carbonyl (C=O) groups excluding carboxylic acids is 2. The van der Waals surface area contributed by atoms with Gasteiger partial charge in [-0.1, -0.05) is 72.8 Å². The fourth-order valence-electron chi connectivity index (χ4n) is 4.51. The maximum Gasteiger partial charge on any atom is 0.224 e. The number of allylic oxidation sites excluding steroid dienone is 2. The molecule has 0 spiro atoms. The average Bonchev–Trinajstić information content (AvgIpc) is 2.77. The molecule has 0 saturated heterocycles. The molecular weight excluding hydrogens is 348 g/mol. The van der Waals surface area contributed by atoms with Gasteiger partial charge in [0.1, 0.15) is 0 Å². The predicted molar refractivity (Wildman–Crippen MR) is 109 cm³/mol. The molecule has 4 heteroatoms. The maximum atomic E-state index is 13.0. The van der Waals surface area contributed by atoms with Crippen molar-refractivity contribution in [2.24, 2.45) is 23.7 Å². The van der Waals surface area contributed by atoms with Crippen molar-refractivity contribution >= 4 is 11.8 Å². The highest BCUT2D eigenvalue weighted by Crippen LogP contribution is 2.45. The Morgan fingerprint density at radius 3 is 1.43 bits per heavy atom. The third-order valence-electron chi connectivity index (χ3n) is 5.97. The first-order valence-corrected chi connectivity index (χ1v) is 10.0. The summed E-state index contributed by atoms with van der Waals surface area (Å²) in [6, 6.07) is 19.8. The number of nitrogens with one attached hydrogen (secondary N) is 2. The Morgan fingerprint density at radius 1 is 0.679 bits per heavy atom. The van der Waals surface area contributed by atoms with Crippen LogP contribution in [0.25, 0.3) is 0 Å².